The monoisotopic (exact) mass is 410 g/mol. The number of alkyl carbamates (subject to hydrolysis) is 1. The summed E-state index contributed by atoms with van der Waals surface area (Å²) >= 11 is 0. The average Bonchev–Trinajstić information content (AvgIpc) is 3.04. The van der Waals surface area contributed by atoms with Gasteiger partial charge in [-0.15, -0.1) is 0 Å². The number of carbonyl (C=O) groups is 3. The molecule has 30 heavy (non-hydrogen) atoms. The van der Waals surface area contributed by atoms with E-state index in [1.54, 1.807) is 0 Å². The highest BCUT2D eigenvalue weighted by Gasteiger charge is 2.28. The van der Waals surface area contributed by atoms with Crippen molar-refractivity contribution in [1.82, 2.24) is 10.6 Å². The second kappa shape index (κ2) is 9.91. The lowest BCUT2D eigenvalue weighted by atomic mass is 9.98. The number of carboxylic acid groups (broad SMARTS) is 1. The van der Waals surface area contributed by atoms with Gasteiger partial charge in [-0.25, -0.2) is 9.59 Å². The molecule has 0 aliphatic heterocycles. The predicted molar refractivity (Wildman–Crippen MR) is 112 cm³/mol. The molecular weight excluding hydrogens is 384 g/mol. The average molecular weight is 410 g/mol. The van der Waals surface area contributed by atoms with Crippen LogP contribution in [-0.2, 0) is 14.3 Å². The maximum absolute atomic E-state index is 12.1. The van der Waals surface area contributed by atoms with Gasteiger partial charge in [0.05, 0.1) is 0 Å². The zero-order chi connectivity index (χ0) is 21.5. The van der Waals surface area contributed by atoms with Crippen molar-refractivity contribution in [3.05, 3.63) is 59.7 Å². The lowest BCUT2D eigenvalue weighted by Gasteiger charge is -2.15. The van der Waals surface area contributed by atoms with Crippen molar-refractivity contribution < 1.29 is 24.2 Å². The maximum Gasteiger partial charge on any atom is 0.407 e. The Hall–Kier alpha value is -3.35. The Bertz CT molecular complexity index is 882. The standard InChI is InChI=1S/C23H26N2O5/c1-15(26)25-21(22(27)28)12-6-7-13-24-23(29)30-14-20-18-10-4-2-8-16(18)17-9-3-5-11-19(17)20/h2-5,8-11,20-21H,6-7,12-14H2,1H3,(H,24,29)(H,25,26)(H,27,28). The van der Waals surface area contributed by atoms with Crippen LogP contribution < -0.4 is 10.6 Å². The molecule has 2 aromatic carbocycles. The number of rotatable bonds is 9. The molecular formula is C23H26N2O5. The number of unbranched alkanes of at least 4 members (excludes halogenated alkanes) is 1. The van der Waals surface area contributed by atoms with Crippen LogP contribution in [0.1, 0.15) is 43.2 Å². The Morgan fingerprint density at radius 1 is 1.00 bits per heavy atom. The number of amides is 2. The van der Waals surface area contributed by atoms with Crippen LogP contribution in [0.4, 0.5) is 4.79 Å². The number of aliphatic carboxylic acids is 1. The largest absolute Gasteiger partial charge is 0.480 e. The van der Waals surface area contributed by atoms with Crippen LogP contribution in [0.2, 0.25) is 0 Å². The molecule has 2 amide bonds. The summed E-state index contributed by atoms with van der Waals surface area (Å²) in [5.74, 6) is -1.43. The highest BCUT2D eigenvalue weighted by atomic mass is 16.5. The van der Waals surface area contributed by atoms with Gasteiger partial charge in [0.2, 0.25) is 5.91 Å². The van der Waals surface area contributed by atoms with E-state index in [0.717, 1.165) is 11.1 Å². The molecule has 7 heteroatoms. The van der Waals surface area contributed by atoms with E-state index in [0.29, 0.717) is 25.8 Å². The van der Waals surface area contributed by atoms with Crippen molar-refractivity contribution in [2.75, 3.05) is 13.2 Å². The first-order valence-corrected chi connectivity index (χ1v) is 10.1. The van der Waals surface area contributed by atoms with Gasteiger partial charge in [0, 0.05) is 19.4 Å². The van der Waals surface area contributed by atoms with Crippen molar-refractivity contribution in [1.29, 1.82) is 0 Å². The summed E-state index contributed by atoms with van der Waals surface area (Å²) in [7, 11) is 0. The number of ether oxygens (including phenoxy) is 1. The first-order chi connectivity index (χ1) is 14.5. The van der Waals surface area contributed by atoms with Crippen LogP contribution in [0.25, 0.3) is 11.1 Å². The number of hydrogen-bond acceptors (Lipinski definition) is 4. The lowest BCUT2D eigenvalue weighted by molar-refractivity contribution is -0.141. The van der Waals surface area contributed by atoms with Crippen molar-refractivity contribution in [3.8, 4) is 11.1 Å². The molecule has 0 saturated heterocycles. The summed E-state index contributed by atoms with van der Waals surface area (Å²) in [6, 6.07) is 15.4. The van der Waals surface area contributed by atoms with E-state index in [-0.39, 0.29) is 18.4 Å². The Kier molecular flexibility index (Phi) is 7.06. The summed E-state index contributed by atoms with van der Waals surface area (Å²) < 4.78 is 5.46. The van der Waals surface area contributed by atoms with E-state index >= 15 is 0 Å². The van der Waals surface area contributed by atoms with Crippen LogP contribution in [-0.4, -0.2) is 42.3 Å². The third-order valence-corrected chi connectivity index (χ3v) is 5.21. The highest BCUT2D eigenvalue weighted by Crippen LogP contribution is 2.44. The molecule has 1 aliphatic rings. The van der Waals surface area contributed by atoms with Gasteiger partial charge < -0.3 is 20.5 Å². The van der Waals surface area contributed by atoms with Gasteiger partial charge >= 0.3 is 12.1 Å². The molecule has 0 fully saturated rings. The summed E-state index contributed by atoms with van der Waals surface area (Å²) in [5.41, 5.74) is 4.66. The van der Waals surface area contributed by atoms with E-state index in [4.69, 9.17) is 9.84 Å². The van der Waals surface area contributed by atoms with Gasteiger partial charge in [-0.3, -0.25) is 4.79 Å². The van der Waals surface area contributed by atoms with Crippen molar-refractivity contribution in [2.24, 2.45) is 0 Å². The molecule has 2 aromatic rings. The third kappa shape index (κ3) is 5.17. The van der Waals surface area contributed by atoms with Gasteiger partial charge in [-0.2, -0.15) is 0 Å². The fraction of sp³-hybridized carbons (Fsp3) is 0.348. The molecule has 3 rings (SSSR count). The minimum absolute atomic E-state index is 0.0112. The molecule has 0 aromatic heterocycles. The second-order valence-corrected chi connectivity index (χ2v) is 7.34. The first kappa shape index (κ1) is 21.4. The molecule has 3 N–H and O–H groups in total. The molecule has 0 saturated carbocycles. The summed E-state index contributed by atoms with van der Waals surface area (Å²) in [5, 5.41) is 14.2. The van der Waals surface area contributed by atoms with Crippen molar-refractivity contribution >= 4 is 18.0 Å². The highest BCUT2D eigenvalue weighted by molar-refractivity contribution is 5.82. The summed E-state index contributed by atoms with van der Waals surface area (Å²) in [4.78, 5) is 34.2. The fourth-order valence-electron chi connectivity index (χ4n) is 3.82. The number of benzene rings is 2. The van der Waals surface area contributed by atoms with E-state index in [1.165, 1.54) is 18.1 Å². The van der Waals surface area contributed by atoms with Gasteiger partial charge in [-0.1, -0.05) is 48.5 Å². The number of carboxylic acids is 1. The van der Waals surface area contributed by atoms with Crippen LogP contribution >= 0.6 is 0 Å². The SMILES string of the molecule is CC(=O)NC(CCCCNC(=O)OCC1c2ccccc2-c2ccccc21)C(=O)O. The Morgan fingerprint density at radius 3 is 2.17 bits per heavy atom. The minimum atomic E-state index is -1.06. The maximum atomic E-state index is 12.1. The molecule has 1 unspecified atom stereocenters. The van der Waals surface area contributed by atoms with Gasteiger partial charge in [0.1, 0.15) is 12.6 Å². The molecule has 158 valence electrons. The van der Waals surface area contributed by atoms with E-state index in [1.807, 2.05) is 24.3 Å². The summed E-state index contributed by atoms with van der Waals surface area (Å²) in [6.07, 6.45) is 0.962. The zero-order valence-electron chi connectivity index (χ0n) is 16.9. The molecule has 1 aliphatic carbocycles. The Morgan fingerprint density at radius 2 is 1.60 bits per heavy atom. The molecule has 7 nitrogen and oxygen atoms in total. The zero-order valence-corrected chi connectivity index (χ0v) is 16.9. The van der Waals surface area contributed by atoms with Crippen LogP contribution in [0.5, 0.6) is 0 Å². The van der Waals surface area contributed by atoms with Crippen LogP contribution in [0.15, 0.2) is 48.5 Å². The van der Waals surface area contributed by atoms with Gasteiger partial charge in [0.15, 0.2) is 0 Å². The first-order valence-electron chi connectivity index (χ1n) is 10.1. The van der Waals surface area contributed by atoms with Crippen molar-refractivity contribution in [2.45, 2.75) is 38.1 Å². The third-order valence-electron chi connectivity index (χ3n) is 5.21. The molecule has 0 spiro atoms. The van der Waals surface area contributed by atoms with Crippen LogP contribution in [0, 0.1) is 0 Å². The second-order valence-electron chi connectivity index (χ2n) is 7.34. The quantitative estimate of drug-likeness (QED) is 0.550. The molecule has 0 heterocycles. The molecule has 0 radical (unpaired) electrons. The smallest absolute Gasteiger partial charge is 0.407 e. The van der Waals surface area contributed by atoms with Gasteiger partial charge in [-0.05, 0) is 41.5 Å². The normalized spacial score (nSPS) is 13.1. The Balaban J connectivity index is 1.43. The van der Waals surface area contributed by atoms with E-state index in [9.17, 15) is 14.4 Å². The fourth-order valence-corrected chi connectivity index (χ4v) is 3.82. The molecule has 0 bridgehead atoms. The number of hydrogen-bond donors (Lipinski definition) is 3. The molecule has 1 atom stereocenters. The van der Waals surface area contributed by atoms with E-state index in [2.05, 4.69) is 34.9 Å². The van der Waals surface area contributed by atoms with Gasteiger partial charge in [0.25, 0.3) is 0 Å². The number of carbonyl (C=O) groups excluding carboxylic acids is 2. The summed E-state index contributed by atoms with van der Waals surface area (Å²) in [6.45, 7) is 1.92. The number of fused-ring (bicyclic) bond motifs is 3. The topological polar surface area (TPSA) is 105 Å². The predicted octanol–water partition coefficient (Wildman–Crippen LogP) is 3.28. The lowest BCUT2D eigenvalue weighted by Crippen LogP contribution is -2.39. The van der Waals surface area contributed by atoms with Crippen LogP contribution in [0.3, 0.4) is 0 Å². The van der Waals surface area contributed by atoms with E-state index < -0.39 is 18.1 Å². The van der Waals surface area contributed by atoms with Crippen molar-refractivity contribution in [3.63, 3.8) is 0 Å². The minimum Gasteiger partial charge on any atom is -0.480 e. The number of nitrogens with one attached hydrogen (secondary N) is 2. The Labute approximate surface area is 175 Å².